The maximum absolute atomic E-state index is 5.50. The van der Waals surface area contributed by atoms with Crippen molar-refractivity contribution in [2.24, 2.45) is 5.92 Å². The van der Waals surface area contributed by atoms with Crippen LogP contribution in [0.5, 0.6) is 0 Å². The van der Waals surface area contributed by atoms with E-state index in [0.29, 0.717) is 6.04 Å². The predicted octanol–water partition coefficient (Wildman–Crippen LogP) is 4.92. The smallest absolute Gasteiger partial charge is 0.0509 e. The maximum atomic E-state index is 5.50. The molecule has 20 heavy (non-hydrogen) atoms. The average Bonchev–Trinajstić information content (AvgIpc) is 2.99. The standard InChI is InChI=1S/C18H37NO/c1-3-4-5-6-7-8-9-10-11-12-13-18(19-2)17-14-15-20-16-17/h17-19H,3-16H2,1-2H3. The van der Waals surface area contributed by atoms with E-state index in [2.05, 4.69) is 19.3 Å². The Hall–Kier alpha value is -0.0800. The molecule has 1 saturated heterocycles. The van der Waals surface area contributed by atoms with E-state index in [0.717, 1.165) is 19.1 Å². The molecular formula is C18H37NO. The molecule has 2 nitrogen and oxygen atoms in total. The van der Waals surface area contributed by atoms with Gasteiger partial charge in [0, 0.05) is 12.6 Å². The van der Waals surface area contributed by atoms with Crippen LogP contribution in [0.1, 0.15) is 84.0 Å². The molecule has 0 radical (unpaired) electrons. The van der Waals surface area contributed by atoms with E-state index < -0.39 is 0 Å². The molecule has 0 saturated carbocycles. The van der Waals surface area contributed by atoms with Crippen molar-refractivity contribution in [2.45, 2.75) is 90.0 Å². The Labute approximate surface area is 127 Å². The van der Waals surface area contributed by atoms with Gasteiger partial charge in [0.25, 0.3) is 0 Å². The van der Waals surface area contributed by atoms with E-state index in [1.807, 2.05) is 0 Å². The van der Waals surface area contributed by atoms with Gasteiger partial charge in [0.1, 0.15) is 0 Å². The molecule has 2 heteroatoms. The Morgan fingerprint density at radius 3 is 2.05 bits per heavy atom. The summed E-state index contributed by atoms with van der Waals surface area (Å²) in [6, 6.07) is 0.687. The number of hydrogen-bond donors (Lipinski definition) is 1. The minimum atomic E-state index is 0.687. The number of ether oxygens (including phenoxy) is 1. The summed E-state index contributed by atoms with van der Waals surface area (Å²) < 4.78 is 5.50. The molecule has 120 valence electrons. The van der Waals surface area contributed by atoms with E-state index in [1.54, 1.807) is 0 Å². The van der Waals surface area contributed by atoms with Crippen LogP contribution in [0.15, 0.2) is 0 Å². The summed E-state index contributed by atoms with van der Waals surface area (Å²) in [7, 11) is 2.11. The first-order valence-electron chi connectivity index (χ1n) is 9.13. The largest absolute Gasteiger partial charge is 0.381 e. The average molecular weight is 284 g/mol. The second-order valence-electron chi connectivity index (χ2n) is 6.49. The SMILES string of the molecule is CCCCCCCCCCCCC(NC)C1CCOC1. The highest BCUT2D eigenvalue weighted by Crippen LogP contribution is 2.21. The van der Waals surface area contributed by atoms with Crippen molar-refractivity contribution in [1.82, 2.24) is 5.32 Å². The van der Waals surface area contributed by atoms with Crippen LogP contribution in [0.2, 0.25) is 0 Å². The molecule has 1 aliphatic rings. The van der Waals surface area contributed by atoms with Gasteiger partial charge in [-0.05, 0) is 25.8 Å². The lowest BCUT2D eigenvalue weighted by Crippen LogP contribution is -2.33. The molecule has 0 spiro atoms. The fourth-order valence-corrected chi connectivity index (χ4v) is 3.34. The first-order chi connectivity index (χ1) is 9.88. The Balaban J connectivity index is 1.85. The van der Waals surface area contributed by atoms with Crippen molar-refractivity contribution in [3.05, 3.63) is 0 Å². The first kappa shape index (κ1) is 18.0. The van der Waals surface area contributed by atoms with Gasteiger partial charge in [0.05, 0.1) is 6.61 Å². The molecule has 1 heterocycles. The van der Waals surface area contributed by atoms with Crippen molar-refractivity contribution < 1.29 is 4.74 Å². The van der Waals surface area contributed by atoms with Gasteiger partial charge in [0.15, 0.2) is 0 Å². The summed E-state index contributed by atoms with van der Waals surface area (Å²) in [5, 5.41) is 3.49. The second kappa shape index (κ2) is 12.6. The molecule has 0 amide bonds. The van der Waals surface area contributed by atoms with E-state index in [4.69, 9.17) is 4.74 Å². The molecule has 1 aliphatic heterocycles. The molecule has 2 unspecified atom stereocenters. The summed E-state index contributed by atoms with van der Waals surface area (Å²) >= 11 is 0. The quantitative estimate of drug-likeness (QED) is 0.484. The van der Waals surface area contributed by atoms with Crippen LogP contribution >= 0.6 is 0 Å². The number of nitrogens with one attached hydrogen (secondary N) is 1. The van der Waals surface area contributed by atoms with Crippen molar-refractivity contribution in [1.29, 1.82) is 0 Å². The van der Waals surface area contributed by atoms with Crippen LogP contribution in [0, 0.1) is 5.92 Å². The fourth-order valence-electron chi connectivity index (χ4n) is 3.34. The molecule has 1 fully saturated rings. The summed E-state index contributed by atoms with van der Waals surface area (Å²) in [6.07, 6.45) is 16.9. The van der Waals surface area contributed by atoms with Crippen LogP contribution in [0.4, 0.5) is 0 Å². The van der Waals surface area contributed by atoms with Gasteiger partial charge in [0.2, 0.25) is 0 Å². The van der Waals surface area contributed by atoms with Crippen molar-refractivity contribution >= 4 is 0 Å². The van der Waals surface area contributed by atoms with E-state index in [1.165, 1.54) is 77.0 Å². The van der Waals surface area contributed by atoms with Gasteiger partial charge in [-0.25, -0.2) is 0 Å². The molecule has 2 atom stereocenters. The van der Waals surface area contributed by atoms with E-state index in [9.17, 15) is 0 Å². The molecule has 1 N–H and O–H groups in total. The Morgan fingerprint density at radius 1 is 0.950 bits per heavy atom. The van der Waals surface area contributed by atoms with Gasteiger partial charge in [-0.2, -0.15) is 0 Å². The van der Waals surface area contributed by atoms with Gasteiger partial charge in [-0.15, -0.1) is 0 Å². The van der Waals surface area contributed by atoms with Crippen LogP contribution in [0.25, 0.3) is 0 Å². The highest BCUT2D eigenvalue weighted by Gasteiger charge is 2.23. The lowest BCUT2D eigenvalue weighted by molar-refractivity contribution is 0.176. The van der Waals surface area contributed by atoms with Crippen molar-refractivity contribution in [2.75, 3.05) is 20.3 Å². The minimum Gasteiger partial charge on any atom is -0.381 e. The number of unbranched alkanes of at least 4 members (excludes halogenated alkanes) is 9. The maximum Gasteiger partial charge on any atom is 0.0509 e. The molecule has 0 aromatic rings. The normalized spacial score (nSPS) is 20.4. The van der Waals surface area contributed by atoms with Crippen LogP contribution in [-0.4, -0.2) is 26.3 Å². The molecule has 0 aromatic heterocycles. The van der Waals surface area contributed by atoms with Gasteiger partial charge >= 0.3 is 0 Å². The van der Waals surface area contributed by atoms with Gasteiger partial charge in [-0.3, -0.25) is 0 Å². The third kappa shape index (κ3) is 8.26. The number of hydrogen-bond acceptors (Lipinski definition) is 2. The zero-order chi connectivity index (χ0) is 14.5. The van der Waals surface area contributed by atoms with Gasteiger partial charge < -0.3 is 10.1 Å². The third-order valence-corrected chi connectivity index (χ3v) is 4.77. The highest BCUT2D eigenvalue weighted by atomic mass is 16.5. The lowest BCUT2D eigenvalue weighted by atomic mass is 9.94. The van der Waals surface area contributed by atoms with Gasteiger partial charge in [-0.1, -0.05) is 71.1 Å². The zero-order valence-electron chi connectivity index (χ0n) is 14.0. The topological polar surface area (TPSA) is 21.3 Å². The van der Waals surface area contributed by atoms with Crippen LogP contribution in [0.3, 0.4) is 0 Å². The van der Waals surface area contributed by atoms with Crippen LogP contribution in [-0.2, 0) is 4.74 Å². The molecule has 1 rings (SSSR count). The molecule has 0 aliphatic carbocycles. The first-order valence-corrected chi connectivity index (χ1v) is 9.13. The molecule has 0 aromatic carbocycles. The van der Waals surface area contributed by atoms with Crippen molar-refractivity contribution in [3.8, 4) is 0 Å². The summed E-state index contributed by atoms with van der Waals surface area (Å²) in [4.78, 5) is 0. The zero-order valence-corrected chi connectivity index (χ0v) is 14.0. The van der Waals surface area contributed by atoms with Crippen molar-refractivity contribution in [3.63, 3.8) is 0 Å². The fraction of sp³-hybridized carbons (Fsp3) is 1.00. The van der Waals surface area contributed by atoms with E-state index >= 15 is 0 Å². The Bertz CT molecular complexity index is 202. The van der Waals surface area contributed by atoms with Crippen LogP contribution < -0.4 is 5.32 Å². The molecular weight excluding hydrogens is 246 g/mol. The highest BCUT2D eigenvalue weighted by molar-refractivity contribution is 4.78. The monoisotopic (exact) mass is 283 g/mol. The minimum absolute atomic E-state index is 0.687. The lowest BCUT2D eigenvalue weighted by Gasteiger charge is -2.21. The summed E-state index contributed by atoms with van der Waals surface area (Å²) in [6.45, 7) is 4.24. The molecule has 0 bridgehead atoms. The number of rotatable bonds is 13. The predicted molar refractivity (Wildman–Crippen MR) is 88.2 cm³/mol. The summed E-state index contributed by atoms with van der Waals surface area (Å²) in [5.74, 6) is 0.763. The van der Waals surface area contributed by atoms with E-state index in [-0.39, 0.29) is 0 Å². The Kier molecular flexibility index (Phi) is 11.4. The summed E-state index contributed by atoms with van der Waals surface area (Å²) in [5.41, 5.74) is 0. The third-order valence-electron chi connectivity index (χ3n) is 4.77. The second-order valence-corrected chi connectivity index (χ2v) is 6.49. The Morgan fingerprint density at radius 2 is 1.55 bits per heavy atom.